The highest BCUT2D eigenvalue weighted by Gasteiger charge is 2.75. The van der Waals surface area contributed by atoms with Crippen LogP contribution in [-0.4, -0.2) is 37.2 Å². The Morgan fingerprint density at radius 3 is 2.16 bits per heavy atom. The zero-order valence-electron chi connectivity index (χ0n) is 22.2. The Morgan fingerprint density at radius 2 is 1.49 bits per heavy atom. The highest BCUT2D eigenvalue weighted by atomic mass is 35.5. The average molecular weight is 548 g/mol. The zero-order chi connectivity index (χ0) is 25.4. The third kappa shape index (κ3) is 6.61. The fourth-order valence-corrected chi connectivity index (χ4v) is 8.59. The largest absolute Gasteiger partial charge is 0.449 e. The SMILES string of the molecule is O=C(NCC1CCC(CN(Cc2ccc(Cl)c(Cl)c2)CC2CCCCC2)CC1)OCC1CC2C3C(C1)C23. The van der Waals surface area contributed by atoms with E-state index in [4.69, 9.17) is 27.9 Å². The van der Waals surface area contributed by atoms with Crippen LogP contribution in [0.3, 0.4) is 0 Å². The van der Waals surface area contributed by atoms with E-state index in [1.54, 1.807) is 0 Å². The number of rotatable bonds is 10. The minimum atomic E-state index is -0.200. The normalized spacial score (nSPS) is 34.6. The van der Waals surface area contributed by atoms with Crippen molar-refractivity contribution in [2.75, 3.05) is 26.2 Å². The Bertz CT molecular complexity index is 919. The van der Waals surface area contributed by atoms with E-state index >= 15 is 0 Å². The molecule has 0 atom stereocenters. The third-order valence-electron chi connectivity index (χ3n) is 10.5. The van der Waals surface area contributed by atoms with E-state index in [0.717, 1.165) is 55.1 Å². The second kappa shape index (κ2) is 11.6. The summed E-state index contributed by atoms with van der Waals surface area (Å²) in [5.41, 5.74) is 1.26. The van der Waals surface area contributed by atoms with Crippen molar-refractivity contribution in [3.05, 3.63) is 33.8 Å². The molecule has 0 unspecified atom stereocenters. The molecule has 37 heavy (non-hydrogen) atoms. The zero-order valence-corrected chi connectivity index (χ0v) is 23.7. The summed E-state index contributed by atoms with van der Waals surface area (Å²) in [6, 6.07) is 6.10. The molecule has 1 amide bonds. The van der Waals surface area contributed by atoms with E-state index in [1.807, 2.05) is 12.1 Å². The lowest BCUT2D eigenvalue weighted by atomic mass is 9.80. The number of carbonyl (C=O) groups is 1. The molecule has 6 saturated carbocycles. The van der Waals surface area contributed by atoms with Gasteiger partial charge in [0.05, 0.1) is 16.7 Å². The maximum Gasteiger partial charge on any atom is 0.407 e. The molecule has 0 spiro atoms. The van der Waals surface area contributed by atoms with Gasteiger partial charge < -0.3 is 10.1 Å². The van der Waals surface area contributed by atoms with Crippen molar-refractivity contribution in [2.24, 2.45) is 47.3 Å². The van der Waals surface area contributed by atoms with Crippen LogP contribution in [0.1, 0.15) is 76.2 Å². The summed E-state index contributed by atoms with van der Waals surface area (Å²) >= 11 is 12.5. The average Bonchev–Trinajstić information content (AvgIpc) is 3.83. The van der Waals surface area contributed by atoms with Crippen LogP contribution in [0.25, 0.3) is 0 Å². The summed E-state index contributed by atoms with van der Waals surface area (Å²) in [7, 11) is 0. The highest BCUT2D eigenvalue weighted by Crippen LogP contribution is 2.79. The molecular weight excluding hydrogens is 503 g/mol. The molecule has 4 nitrogen and oxygen atoms in total. The Balaban J connectivity index is 0.923. The minimum Gasteiger partial charge on any atom is -0.449 e. The number of ether oxygens (including phenoxy) is 1. The van der Waals surface area contributed by atoms with Gasteiger partial charge in [0.1, 0.15) is 0 Å². The van der Waals surface area contributed by atoms with Gasteiger partial charge in [0.15, 0.2) is 0 Å². The van der Waals surface area contributed by atoms with E-state index in [9.17, 15) is 4.79 Å². The van der Waals surface area contributed by atoms with Crippen molar-refractivity contribution < 1.29 is 9.53 Å². The Hall–Kier alpha value is -0.970. The molecule has 1 aromatic rings. The molecule has 0 heterocycles. The predicted molar refractivity (Wildman–Crippen MR) is 150 cm³/mol. The smallest absolute Gasteiger partial charge is 0.407 e. The van der Waals surface area contributed by atoms with Gasteiger partial charge in [-0.2, -0.15) is 0 Å². The van der Waals surface area contributed by atoms with Gasteiger partial charge in [0.25, 0.3) is 0 Å². The number of alkyl carbamates (subject to hydrolysis) is 1. The Morgan fingerprint density at radius 1 is 0.838 bits per heavy atom. The van der Waals surface area contributed by atoms with Gasteiger partial charge >= 0.3 is 6.09 Å². The topological polar surface area (TPSA) is 41.6 Å². The van der Waals surface area contributed by atoms with Crippen molar-refractivity contribution in [1.82, 2.24) is 10.2 Å². The van der Waals surface area contributed by atoms with Gasteiger partial charge in [0, 0.05) is 26.2 Å². The van der Waals surface area contributed by atoms with Crippen molar-refractivity contribution in [3.8, 4) is 0 Å². The van der Waals surface area contributed by atoms with Crippen LogP contribution < -0.4 is 5.32 Å². The molecule has 6 fully saturated rings. The van der Waals surface area contributed by atoms with Crippen LogP contribution in [0.15, 0.2) is 18.2 Å². The molecule has 2 bridgehead atoms. The van der Waals surface area contributed by atoms with Crippen molar-refractivity contribution in [2.45, 2.75) is 77.2 Å². The van der Waals surface area contributed by atoms with Crippen LogP contribution in [0.4, 0.5) is 4.79 Å². The number of amides is 1. The van der Waals surface area contributed by atoms with E-state index in [-0.39, 0.29) is 6.09 Å². The molecule has 0 saturated heterocycles. The molecule has 7 rings (SSSR count). The van der Waals surface area contributed by atoms with Crippen LogP contribution in [0, 0.1) is 47.3 Å². The molecule has 6 aliphatic carbocycles. The second-order valence-electron chi connectivity index (χ2n) is 13.1. The lowest BCUT2D eigenvalue weighted by molar-refractivity contribution is 0.0970. The van der Waals surface area contributed by atoms with Gasteiger partial charge in [-0.15, -0.1) is 0 Å². The molecular formula is C31H44Cl2N2O2. The second-order valence-corrected chi connectivity index (χ2v) is 13.9. The summed E-state index contributed by atoms with van der Waals surface area (Å²) < 4.78 is 5.59. The van der Waals surface area contributed by atoms with E-state index in [2.05, 4.69) is 16.3 Å². The maximum atomic E-state index is 12.3. The molecule has 1 aromatic carbocycles. The number of hydrogen-bond acceptors (Lipinski definition) is 3. The maximum absolute atomic E-state index is 12.3. The van der Waals surface area contributed by atoms with Crippen molar-refractivity contribution in [1.29, 1.82) is 0 Å². The molecule has 6 heteroatoms. The predicted octanol–water partition coefficient (Wildman–Crippen LogP) is 7.81. The summed E-state index contributed by atoms with van der Waals surface area (Å²) in [5.74, 6) is 6.90. The number of carbonyl (C=O) groups excluding carboxylic acids is 1. The van der Waals surface area contributed by atoms with Crippen molar-refractivity contribution >= 4 is 29.3 Å². The summed E-state index contributed by atoms with van der Waals surface area (Å²) in [4.78, 5) is 15.0. The lowest BCUT2D eigenvalue weighted by Crippen LogP contribution is -2.37. The van der Waals surface area contributed by atoms with Gasteiger partial charge in [-0.1, -0.05) is 48.5 Å². The first-order chi connectivity index (χ1) is 18.0. The van der Waals surface area contributed by atoms with Crippen LogP contribution in [0.2, 0.25) is 10.0 Å². The number of fused-ring (bicyclic) bond motifs is 2. The van der Waals surface area contributed by atoms with E-state index < -0.39 is 0 Å². The quantitative estimate of drug-likeness (QED) is 0.325. The van der Waals surface area contributed by atoms with Crippen molar-refractivity contribution in [3.63, 3.8) is 0 Å². The fraction of sp³-hybridized carbons (Fsp3) is 0.774. The van der Waals surface area contributed by atoms with Crippen LogP contribution in [-0.2, 0) is 11.3 Å². The Kier molecular flexibility index (Phi) is 8.26. The van der Waals surface area contributed by atoms with Gasteiger partial charge in [-0.25, -0.2) is 4.79 Å². The minimum absolute atomic E-state index is 0.200. The van der Waals surface area contributed by atoms with Crippen LogP contribution >= 0.6 is 23.2 Å². The molecule has 0 aromatic heterocycles. The fourth-order valence-electron chi connectivity index (χ4n) is 8.27. The van der Waals surface area contributed by atoms with Gasteiger partial charge in [0.2, 0.25) is 0 Å². The van der Waals surface area contributed by atoms with Gasteiger partial charge in [-0.3, -0.25) is 4.90 Å². The first kappa shape index (κ1) is 26.3. The molecule has 0 radical (unpaired) electrons. The highest BCUT2D eigenvalue weighted by molar-refractivity contribution is 6.42. The first-order valence-corrected chi connectivity index (χ1v) is 15.9. The Labute approximate surface area is 233 Å². The number of hydrogen-bond donors (Lipinski definition) is 1. The summed E-state index contributed by atoms with van der Waals surface area (Å²) in [6.45, 7) is 4.69. The standard InChI is InChI=1S/C31H44Cl2N2O2/c32-27-11-10-23(14-28(27)33)18-35(16-21-4-2-1-3-5-21)17-22-8-6-20(7-9-22)15-34-31(36)37-19-24-12-25-29-26(13-24)30(25)29/h10-11,14,20-22,24-26,29-30H,1-9,12-13,15-19H2,(H,34,36). The number of nitrogens with one attached hydrogen (secondary N) is 1. The van der Waals surface area contributed by atoms with E-state index in [0.29, 0.717) is 28.5 Å². The summed E-state index contributed by atoms with van der Waals surface area (Å²) in [5, 5.41) is 4.36. The molecule has 1 N–H and O–H groups in total. The summed E-state index contributed by atoms with van der Waals surface area (Å²) in [6.07, 6.45) is 14.2. The number of nitrogens with zero attached hydrogens (tertiary/aromatic N) is 1. The molecule has 204 valence electrons. The monoisotopic (exact) mass is 546 g/mol. The first-order valence-electron chi connectivity index (χ1n) is 15.1. The molecule has 0 aliphatic heterocycles. The number of halogens is 2. The molecule has 6 aliphatic rings. The van der Waals surface area contributed by atoms with E-state index in [1.165, 1.54) is 82.7 Å². The number of benzene rings is 1. The lowest BCUT2D eigenvalue weighted by Gasteiger charge is -2.35. The van der Waals surface area contributed by atoms with Crippen LogP contribution in [0.5, 0.6) is 0 Å². The van der Waals surface area contributed by atoms with Gasteiger partial charge in [-0.05, 0) is 116 Å². The third-order valence-corrected chi connectivity index (χ3v) is 11.2.